The van der Waals surface area contributed by atoms with Crippen molar-refractivity contribution in [1.29, 1.82) is 0 Å². The van der Waals surface area contributed by atoms with Gasteiger partial charge in [0.1, 0.15) is 4.21 Å². The first-order valence-corrected chi connectivity index (χ1v) is 8.40. The number of nitrogens with zero attached hydrogens (tertiary/aromatic N) is 1. The van der Waals surface area contributed by atoms with Gasteiger partial charge in [-0.05, 0) is 31.9 Å². The van der Waals surface area contributed by atoms with Crippen molar-refractivity contribution in [3.63, 3.8) is 0 Å². The zero-order chi connectivity index (χ0) is 14.2. The molecule has 1 atom stereocenters. The third kappa shape index (κ3) is 2.98. The van der Waals surface area contributed by atoms with Crippen molar-refractivity contribution in [3.8, 4) is 0 Å². The van der Waals surface area contributed by atoms with E-state index in [0.717, 1.165) is 10.4 Å². The molecule has 2 rings (SSSR count). The number of amides is 1. The quantitative estimate of drug-likeness (QED) is 0.914. The molecule has 0 radical (unpaired) electrons. The number of thiophene rings is 1. The smallest absolute Gasteiger partial charge is 0.252 e. The molecule has 2 heterocycles. The number of carbonyl (C=O) groups is 1. The third-order valence-corrected chi connectivity index (χ3v) is 6.76. The lowest BCUT2D eigenvalue weighted by Crippen LogP contribution is -2.37. The van der Waals surface area contributed by atoms with Crippen LogP contribution in [0.5, 0.6) is 0 Å². The van der Waals surface area contributed by atoms with E-state index >= 15 is 0 Å². The lowest BCUT2D eigenvalue weighted by atomic mass is 10.3. The minimum atomic E-state index is -3.42. The zero-order valence-electron chi connectivity index (χ0n) is 11.3. The molecule has 0 aromatic carbocycles. The summed E-state index contributed by atoms with van der Waals surface area (Å²) in [5.74, 6) is -0.118. The molecule has 0 aliphatic carbocycles. The van der Waals surface area contributed by atoms with Crippen LogP contribution in [0.3, 0.4) is 0 Å². The van der Waals surface area contributed by atoms with Crippen molar-refractivity contribution < 1.29 is 13.2 Å². The predicted molar refractivity (Wildman–Crippen MR) is 74.8 cm³/mol. The third-order valence-electron chi connectivity index (χ3n) is 3.13. The minimum Gasteiger partial charge on any atom is -0.352 e. The van der Waals surface area contributed by atoms with Gasteiger partial charge in [0, 0.05) is 30.9 Å². The second-order valence-electron chi connectivity index (χ2n) is 4.88. The van der Waals surface area contributed by atoms with Crippen molar-refractivity contribution in [3.05, 3.63) is 16.5 Å². The number of sulfonamides is 1. The highest BCUT2D eigenvalue weighted by molar-refractivity contribution is 7.91. The summed E-state index contributed by atoms with van der Waals surface area (Å²) in [7, 11) is -3.42. The van der Waals surface area contributed by atoms with E-state index in [0.29, 0.717) is 23.7 Å². The van der Waals surface area contributed by atoms with Gasteiger partial charge in [-0.1, -0.05) is 0 Å². The fraction of sp³-hybridized carbons (Fsp3) is 0.583. The molecule has 1 N–H and O–H groups in total. The van der Waals surface area contributed by atoms with Crippen LogP contribution in [0.2, 0.25) is 0 Å². The molecule has 106 valence electrons. The number of carbonyl (C=O) groups excluding carboxylic acids is 1. The SMILES string of the molecule is CC(=O)NC1CCN(S(=O)(=O)c2sc(C)cc2C)C1. The van der Waals surface area contributed by atoms with Crippen LogP contribution in [0.1, 0.15) is 23.8 Å². The van der Waals surface area contributed by atoms with Crippen LogP contribution in [0.15, 0.2) is 10.3 Å². The summed E-state index contributed by atoms with van der Waals surface area (Å²) in [4.78, 5) is 12.0. The Kier molecular flexibility index (Phi) is 3.98. The molecule has 7 heteroatoms. The minimum absolute atomic E-state index is 0.0753. The summed E-state index contributed by atoms with van der Waals surface area (Å²) in [5, 5.41) is 2.77. The number of hydrogen-bond acceptors (Lipinski definition) is 4. The Balaban J connectivity index is 2.18. The van der Waals surface area contributed by atoms with Gasteiger partial charge in [-0.15, -0.1) is 11.3 Å². The van der Waals surface area contributed by atoms with E-state index in [9.17, 15) is 13.2 Å². The molecule has 19 heavy (non-hydrogen) atoms. The van der Waals surface area contributed by atoms with Gasteiger partial charge in [0.25, 0.3) is 10.0 Å². The Morgan fingerprint density at radius 1 is 1.47 bits per heavy atom. The highest BCUT2D eigenvalue weighted by atomic mass is 32.2. The highest BCUT2D eigenvalue weighted by Gasteiger charge is 2.34. The predicted octanol–water partition coefficient (Wildman–Crippen LogP) is 1.26. The molecule has 1 saturated heterocycles. The molecular formula is C12H18N2O3S2. The van der Waals surface area contributed by atoms with Crippen molar-refractivity contribution in [2.24, 2.45) is 0 Å². The van der Waals surface area contributed by atoms with Crippen LogP contribution in [0, 0.1) is 13.8 Å². The Morgan fingerprint density at radius 3 is 2.68 bits per heavy atom. The first kappa shape index (κ1) is 14.5. The van der Waals surface area contributed by atoms with Crippen LogP contribution < -0.4 is 5.32 Å². The lowest BCUT2D eigenvalue weighted by Gasteiger charge is -2.16. The van der Waals surface area contributed by atoms with E-state index in [1.165, 1.54) is 22.6 Å². The molecule has 1 aromatic heterocycles. The van der Waals surface area contributed by atoms with Gasteiger partial charge in [-0.3, -0.25) is 4.79 Å². The van der Waals surface area contributed by atoms with Gasteiger partial charge in [-0.2, -0.15) is 4.31 Å². The van der Waals surface area contributed by atoms with E-state index < -0.39 is 10.0 Å². The van der Waals surface area contributed by atoms with Crippen molar-refractivity contribution in [1.82, 2.24) is 9.62 Å². The van der Waals surface area contributed by atoms with Crippen molar-refractivity contribution in [2.45, 2.75) is 37.4 Å². The van der Waals surface area contributed by atoms with Crippen molar-refractivity contribution in [2.75, 3.05) is 13.1 Å². The Morgan fingerprint density at radius 2 is 2.16 bits per heavy atom. The van der Waals surface area contributed by atoms with Gasteiger partial charge in [0.15, 0.2) is 0 Å². The Labute approximate surface area is 117 Å². The van der Waals surface area contributed by atoms with E-state index in [4.69, 9.17) is 0 Å². The molecule has 0 spiro atoms. The molecule has 0 bridgehead atoms. The van der Waals surface area contributed by atoms with Gasteiger partial charge >= 0.3 is 0 Å². The largest absolute Gasteiger partial charge is 0.352 e. The Bertz CT molecular complexity index is 592. The number of hydrogen-bond donors (Lipinski definition) is 1. The van der Waals surface area contributed by atoms with Gasteiger partial charge in [0.2, 0.25) is 5.91 Å². The molecule has 0 saturated carbocycles. The van der Waals surface area contributed by atoms with Crippen LogP contribution in [0.4, 0.5) is 0 Å². The number of nitrogens with one attached hydrogen (secondary N) is 1. The summed E-state index contributed by atoms with van der Waals surface area (Å²) < 4.78 is 26.9. The van der Waals surface area contributed by atoms with Crippen LogP contribution >= 0.6 is 11.3 Å². The normalized spacial score (nSPS) is 20.7. The topological polar surface area (TPSA) is 66.5 Å². The van der Waals surface area contributed by atoms with Gasteiger partial charge < -0.3 is 5.32 Å². The first-order valence-electron chi connectivity index (χ1n) is 6.15. The van der Waals surface area contributed by atoms with Crippen LogP contribution in [-0.4, -0.2) is 37.8 Å². The maximum absolute atomic E-state index is 12.5. The number of aryl methyl sites for hydroxylation is 2. The van der Waals surface area contributed by atoms with E-state index in [2.05, 4.69) is 5.32 Å². The van der Waals surface area contributed by atoms with Crippen LogP contribution in [0.25, 0.3) is 0 Å². The summed E-state index contributed by atoms with van der Waals surface area (Å²) in [6.45, 7) is 5.99. The second-order valence-corrected chi connectivity index (χ2v) is 8.27. The summed E-state index contributed by atoms with van der Waals surface area (Å²) in [6, 6.07) is 1.81. The van der Waals surface area contributed by atoms with E-state index in [1.807, 2.05) is 19.9 Å². The summed E-state index contributed by atoms with van der Waals surface area (Å²) in [5.41, 5.74) is 0.797. The average Bonchev–Trinajstić information content (AvgIpc) is 2.85. The molecule has 5 nitrogen and oxygen atoms in total. The summed E-state index contributed by atoms with van der Waals surface area (Å²) >= 11 is 1.31. The van der Waals surface area contributed by atoms with E-state index in [1.54, 1.807) is 0 Å². The van der Waals surface area contributed by atoms with Crippen molar-refractivity contribution >= 4 is 27.3 Å². The first-order chi connectivity index (χ1) is 8.80. The number of rotatable bonds is 3. The fourth-order valence-corrected chi connectivity index (χ4v) is 5.65. The second kappa shape index (κ2) is 5.22. The highest BCUT2D eigenvalue weighted by Crippen LogP contribution is 2.30. The van der Waals surface area contributed by atoms with Gasteiger partial charge in [0.05, 0.1) is 0 Å². The molecule has 1 aliphatic rings. The summed E-state index contributed by atoms with van der Waals surface area (Å²) in [6.07, 6.45) is 0.669. The standard InChI is InChI=1S/C12H18N2O3S2/c1-8-6-9(2)18-12(8)19(16,17)14-5-4-11(7-14)13-10(3)15/h6,11H,4-5,7H2,1-3H3,(H,13,15). The monoisotopic (exact) mass is 302 g/mol. The molecule has 1 amide bonds. The fourth-order valence-electron chi connectivity index (χ4n) is 2.35. The molecular weight excluding hydrogens is 284 g/mol. The zero-order valence-corrected chi connectivity index (χ0v) is 12.9. The average molecular weight is 302 g/mol. The molecule has 1 fully saturated rings. The molecule has 1 unspecified atom stereocenters. The maximum atomic E-state index is 12.5. The lowest BCUT2D eigenvalue weighted by molar-refractivity contribution is -0.119. The molecule has 1 aliphatic heterocycles. The maximum Gasteiger partial charge on any atom is 0.252 e. The van der Waals surface area contributed by atoms with E-state index in [-0.39, 0.29) is 11.9 Å². The Hall–Kier alpha value is -0.920. The van der Waals surface area contributed by atoms with Gasteiger partial charge in [-0.25, -0.2) is 8.42 Å². The molecule has 1 aromatic rings. The van der Waals surface area contributed by atoms with Crippen LogP contribution in [-0.2, 0) is 14.8 Å².